The molecule has 15 heavy (non-hydrogen) atoms. The second kappa shape index (κ2) is 11.2. The van der Waals surface area contributed by atoms with Crippen molar-refractivity contribution in [3.63, 3.8) is 0 Å². The molecule has 0 N–H and O–H groups in total. The van der Waals surface area contributed by atoms with Crippen LogP contribution in [0.3, 0.4) is 0 Å². The average Bonchev–Trinajstić information content (AvgIpc) is 2.34. The maximum absolute atomic E-state index is 5.68. The lowest BCUT2D eigenvalue weighted by molar-refractivity contribution is 1.10. The fraction of sp³-hybridized carbons (Fsp3) is 0.538. The van der Waals surface area contributed by atoms with E-state index in [9.17, 15) is 0 Å². The summed E-state index contributed by atoms with van der Waals surface area (Å²) in [6, 6.07) is 8.17. The Morgan fingerprint density at radius 3 is 1.73 bits per heavy atom. The zero-order valence-electron chi connectivity index (χ0n) is 11.0. The molecule has 1 aromatic rings. The van der Waals surface area contributed by atoms with E-state index in [-0.39, 0.29) is 0 Å². The van der Waals surface area contributed by atoms with Crippen molar-refractivity contribution in [3.8, 4) is 0 Å². The van der Waals surface area contributed by atoms with Crippen LogP contribution in [0.4, 0.5) is 5.69 Å². The van der Waals surface area contributed by atoms with E-state index < -0.39 is 0 Å². The highest BCUT2D eigenvalue weighted by molar-refractivity contribution is 6.17. The van der Waals surface area contributed by atoms with Crippen LogP contribution in [0, 0.1) is 6.92 Å². The van der Waals surface area contributed by atoms with Gasteiger partial charge in [0.25, 0.3) is 0 Å². The Hall–Kier alpha value is -0.915. The first-order valence-corrected chi connectivity index (χ1v) is 5.83. The molecule has 0 amide bonds. The van der Waals surface area contributed by atoms with Gasteiger partial charge >= 0.3 is 0 Å². The van der Waals surface area contributed by atoms with Crippen molar-refractivity contribution < 1.29 is 0 Å². The second-order valence-corrected chi connectivity index (χ2v) is 2.62. The van der Waals surface area contributed by atoms with E-state index in [2.05, 4.69) is 19.1 Å². The lowest BCUT2D eigenvalue weighted by atomic mass is 10.2. The molecule has 0 fully saturated rings. The zero-order chi connectivity index (χ0) is 12.3. The molecule has 0 atom stereocenters. The molecule has 2 heteroatoms. The summed E-state index contributed by atoms with van der Waals surface area (Å²) in [5.41, 5.74) is 2.33. The van der Waals surface area contributed by atoms with Crippen molar-refractivity contribution in [2.24, 2.45) is 0 Å². The van der Waals surface area contributed by atoms with E-state index in [1.165, 1.54) is 5.56 Å². The van der Waals surface area contributed by atoms with Gasteiger partial charge in [-0.05, 0) is 26.0 Å². The smallest absolute Gasteiger partial charge is 0.226 e. The van der Waals surface area contributed by atoms with Gasteiger partial charge in [0.1, 0.15) is 0 Å². The van der Waals surface area contributed by atoms with E-state index in [0.29, 0.717) is 0 Å². The third-order valence-electron chi connectivity index (χ3n) is 1.71. The molecule has 0 aliphatic carbocycles. The molecule has 0 aliphatic heterocycles. The highest BCUT2D eigenvalue weighted by atomic mass is 15.0. The molecule has 0 aliphatic rings. The summed E-state index contributed by atoms with van der Waals surface area (Å²) in [6.07, 6.45) is 0. The van der Waals surface area contributed by atoms with Gasteiger partial charge < -0.3 is 4.81 Å². The van der Waals surface area contributed by atoms with E-state index in [1.54, 1.807) is 4.81 Å². The lowest BCUT2D eigenvalue weighted by Crippen LogP contribution is -2.17. The Kier molecular flexibility index (Phi) is 12.3. The van der Waals surface area contributed by atoms with Crippen molar-refractivity contribution in [1.29, 1.82) is 0 Å². The molecule has 1 rings (SSSR count). The molecule has 1 aromatic carbocycles. The fourth-order valence-corrected chi connectivity index (χ4v) is 0.919. The fourth-order valence-electron chi connectivity index (χ4n) is 0.919. The van der Waals surface area contributed by atoms with E-state index >= 15 is 0 Å². The Labute approximate surface area is 96.9 Å². The van der Waals surface area contributed by atoms with Gasteiger partial charge in [0.15, 0.2) is 0 Å². The topological polar surface area (TPSA) is 3.24 Å². The van der Waals surface area contributed by atoms with Crippen LogP contribution < -0.4 is 4.81 Å². The number of hydrogen-bond donors (Lipinski definition) is 0. The third-order valence-corrected chi connectivity index (χ3v) is 1.71. The van der Waals surface area contributed by atoms with Crippen LogP contribution in [0.1, 0.15) is 40.2 Å². The van der Waals surface area contributed by atoms with Crippen LogP contribution >= 0.6 is 0 Å². The lowest BCUT2D eigenvalue weighted by Gasteiger charge is -2.17. The molecule has 0 saturated carbocycles. The molecule has 0 heterocycles. The molecule has 0 bridgehead atoms. The normalized spacial score (nSPS) is 7.87. The van der Waals surface area contributed by atoms with Gasteiger partial charge in [0, 0.05) is 12.2 Å². The van der Waals surface area contributed by atoms with Gasteiger partial charge in [-0.15, -0.1) is 0 Å². The van der Waals surface area contributed by atoms with Crippen LogP contribution in [-0.2, 0) is 0 Å². The molecular formula is C13H24BN. The van der Waals surface area contributed by atoms with Crippen LogP contribution in [0.5, 0.6) is 0 Å². The summed E-state index contributed by atoms with van der Waals surface area (Å²) in [5, 5.41) is 0. The number of benzene rings is 1. The predicted molar refractivity (Wildman–Crippen MR) is 72.6 cm³/mol. The zero-order valence-corrected chi connectivity index (χ0v) is 11.0. The molecule has 84 valence electrons. The maximum Gasteiger partial charge on any atom is 0.226 e. The van der Waals surface area contributed by atoms with Crippen molar-refractivity contribution >= 4 is 13.7 Å². The van der Waals surface area contributed by atoms with Gasteiger partial charge in [0.2, 0.25) is 7.98 Å². The van der Waals surface area contributed by atoms with E-state index in [0.717, 1.165) is 12.2 Å². The number of hydrogen-bond acceptors (Lipinski definition) is 1. The molecule has 0 unspecified atom stereocenters. The quantitative estimate of drug-likeness (QED) is 0.660. The second-order valence-electron chi connectivity index (χ2n) is 2.62. The largest absolute Gasteiger partial charge is 0.425 e. The van der Waals surface area contributed by atoms with Gasteiger partial charge in [-0.2, -0.15) is 0 Å². The van der Waals surface area contributed by atoms with Gasteiger partial charge in [0.05, 0.1) is 0 Å². The summed E-state index contributed by atoms with van der Waals surface area (Å²) in [7, 11) is 5.68. The first-order valence-electron chi connectivity index (χ1n) is 5.83. The first kappa shape index (κ1) is 16.5. The van der Waals surface area contributed by atoms with Crippen LogP contribution in [0.15, 0.2) is 24.3 Å². The SMILES string of the molecule is CC.CC.[B]N(CC)c1ccc(C)cc1. The summed E-state index contributed by atoms with van der Waals surface area (Å²) < 4.78 is 0. The van der Waals surface area contributed by atoms with Crippen molar-refractivity contribution in [1.82, 2.24) is 0 Å². The Bertz CT molecular complexity index is 218. The highest BCUT2D eigenvalue weighted by Gasteiger charge is 1.94. The highest BCUT2D eigenvalue weighted by Crippen LogP contribution is 2.11. The van der Waals surface area contributed by atoms with Crippen LogP contribution in [0.25, 0.3) is 0 Å². The predicted octanol–water partition coefficient (Wildman–Crippen LogP) is 3.96. The van der Waals surface area contributed by atoms with Crippen LogP contribution in [0.2, 0.25) is 0 Å². The maximum atomic E-state index is 5.68. The van der Waals surface area contributed by atoms with Crippen molar-refractivity contribution in [3.05, 3.63) is 29.8 Å². The van der Waals surface area contributed by atoms with E-state index in [1.807, 2.05) is 46.8 Å². The molecule has 1 nitrogen and oxygen atoms in total. The number of rotatable bonds is 2. The first-order chi connectivity index (χ1) is 7.24. The minimum atomic E-state index is 0.836. The Morgan fingerprint density at radius 2 is 1.40 bits per heavy atom. The standard InChI is InChI=1S/C9H12BN.2C2H6/c1-3-11(10)9-6-4-8(2)5-7-9;2*1-2/h4-7H,3H2,1-2H3;2*1-2H3. The summed E-state index contributed by atoms with van der Waals surface area (Å²) >= 11 is 0. The van der Waals surface area contributed by atoms with Crippen LogP contribution in [-0.4, -0.2) is 14.5 Å². The molecule has 0 aromatic heterocycles. The molecule has 0 saturated heterocycles. The van der Waals surface area contributed by atoms with Gasteiger partial charge in [-0.3, -0.25) is 0 Å². The third kappa shape index (κ3) is 7.07. The average molecular weight is 205 g/mol. The Balaban J connectivity index is 0. The minimum Gasteiger partial charge on any atom is -0.425 e. The number of anilines is 1. The molecule has 2 radical (unpaired) electrons. The summed E-state index contributed by atoms with van der Waals surface area (Å²) in [5.74, 6) is 0. The number of nitrogens with zero attached hydrogens (tertiary/aromatic N) is 1. The van der Waals surface area contributed by atoms with Crippen molar-refractivity contribution in [2.75, 3.05) is 11.4 Å². The van der Waals surface area contributed by atoms with Gasteiger partial charge in [-0.25, -0.2) is 0 Å². The monoisotopic (exact) mass is 205 g/mol. The van der Waals surface area contributed by atoms with Crippen molar-refractivity contribution in [2.45, 2.75) is 41.5 Å². The van der Waals surface area contributed by atoms with Gasteiger partial charge in [-0.1, -0.05) is 45.4 Å². The summed E-state index contributed by atoms with van der Waals surface area (Å²) in [6.45, 7) is 12.9. The molecule has 0 spiro atoms. The minimum absolute atomic E-state index is 0.836. The number of aryl methyl sites for hydroxylation is 1. The van der Waals surface area contributed by atoms with E-state index in [4.69, 9.17) is 7.98 Å². The molecular weight excluding hydrogens is 181 g/mol. The Morgan fingerprint density at radius 1 is 1.00 bits per heavy atom. The summed E-state index contributed by atoms with van der Waals surface area (Å²) in [4.78, 5) is 1.72.